The zero-order valence-corrected chi connectivity index (χ0v) is 9.96. The van der Waals surface area contributed by atoms with E-state index in [1.807, 2.05) is 6.07 Å². The van der Waals surface area contributed by atoms with Gasteiger partial charge >= 0.3 is 6.03 Å². The molecule has 0 aliphatic rings. The van der Waals surface area contributed by atoms with E-state index in [4.69, 9.17) is 0 Å². The van der Waals surface area contributed by atoms with Crippen LogP contribution in [0.1, 0.15) is 0 Å². The van der Waals surface area contributed by atoms with Crippen molar-refractivity contribution in [2.75, 3.05) is 10.6 Å². The number of hydrogen-bond donors (Lipinski definition) is 3. The van der Waals surface area contributed by atoms with Gasteiger partial charge in [-0.1, -0.05) is 18.2 Å². The second kappa shape index (κ2) is 5.68. The molecule has 96 valence electrons. The lowest BCUT2D eigenvalue weighted by Crippen LogP contribution is -2.19. The number of amides is 2. The van der Waals surface area contributed by atoms with Crippen molar-refractivity contribution in [2.45, 2.75) is 0 Å². The quantitative estimate of drug-likeness (QED) is 0.772. The summed E-state index contributed by atoms with van der Waals surface area (Å²) in [5.41, 5.74) is 0.565. The SMILES string of the molecule is O=C(Nc1ccccc1)Nc1ccc(O)c(=O)cc1. The van der Waals surface area contributed by atoms with Gasteiger partial charge in [-0.25, -0.2) is 4.79 Å². The number of carbonyl (C=O) groups excluding carboxylic acids is 1. The minimum absolute atomic E-state index is 0.364. The Morgan fingerprint density at radius 1 is 0.842 bits per heavy atom. The number of urea groups is 1. The highest BCUT2D eigenvalue weighted by Gasteiger charge is 2.02. The van der Waals surface area contributed by atoms with Gasteiger partial charge in [-0.15, -0.1) is 0 Å². The number of para-hydroxylation sites is 1. The molecule has 0 aliphatic heterocycles. The van der Waals surface area contributed by atoms with E-state index in [2.05, 4.69) is 10.6 Å². The first-order chi connectivity index (χ1) is 9.15. The van der Waals surface area contributed by atoms with Crippen molar-refractivity contribution in [1.82, 2.24) is 0 Å². The standard InChI is InChI=1S/C14H12N2O3/c17-12-8-6-11(7-9-13(12)18)16-14(19)15-10-4-2-1-3-5-10/h1-9H,(H,17,18)(H2,15,16,19). The van der Waals surface area contributed by atoms with Crippen LogP contribution >= 0.6 is 0 Å². The molecule has 0 aromatic heterocycles. The van der Waals surface area contributed by atoms with Crippen molar-refractivity contribution in [3.63, 3.8) is 0 Å². The Morgan fingerprint density at radius 3 is 2.11 bits per heavy atom. The van der Waals surface area contributed by atoms with Gasteiger partial charge in [0.15, 0.2) is 5.75 Å². The lowest BCUT2D eigenvalue weighted by atomic mass is 10.3. The number of hydrogen-bond acceptors (Lipinski definition) is 3. The number of nitrogens with one attached hydrogen (secondary N) is 2. The van der Waals surface area contributed by atoms with Crippen LogP contribution in [0.25, 0.3) is 0 Å². The van der Waals surface area contributed by atoms with Crippen LogP contribution in [0.15, 0.2) is 59.4 Å². The Kier molecular flexibility index (Phi) is 3.78. The van der Waals surface area contributed by atoms with Gasteiger partial charge in [0.1, 0.15) is 0 Å². The van der Waals surface area contributed by atoms with Crippen molar-refractivity contribution >= 4 is 17.4 Å². The van der Waals surface area contributed by atoms with E-state index in [1.54, 1.807) is 24.3 Å². The van der Waals surface area contributed by atoms with Gasteiger partial charge in [-0.05, 0) is 36.4 Å². The Balaban J connectivity index is 2.08. The van der Waals surface area contributed by atoms with E-state index in [9.17, 15) is 14.7 Å². The first kappa shape index (κ1) is 12.6. The van der Waals surface area contributed by atoms with E-state index in [-0.39, 0.29) is 5.75 Å². The maximum atomic E-state index is 11.7. The minimum Gasteiger partial charge on any atom is -0.504 e. The molecule has 5 nitrogen and oxygen atoms in total. The van der Waals surface area contributed by atoms with Crippen LogP contribution in [0.3, 0.4) is 0 Å². The highest BCUT2D eigenvalue weighted by atomic mass is 16.3. The van der Waals surface area contributed by atoms with Crippen LogP contribution in [0.4, 0.5) is 16.2 Å². The van der Waals surface area contributed by atoms with Crippen molar-refractivity contribution in [3.05, 3.63) is 64.8 Å². The molecule has 0 heterocycles. The summed E-state index contributed by atoms with van der Waals surface area (Å²) in [7, 11) is 0. The van der Waals surface area contributed by atoms with Crippen molar-refractivity contribution in [1.29, 1.82) is 0 Å². The van der Waals surface area contributed by atoms with E-state index >= 15 is 0 Å². The number of benzene rings is 1. The number of anilines is 2. The number of rotatable bonds is 2. The lowest BCUT2D eigenvalue weighted by Gasteiger charge is -2.06. The smallest absolute Gasteiger partial charge is 0.323 e. The molecule has 0 fully saturated rings. The Hall–Kier alpha value is -2.82. The summed E-state index contributed by atoms with van der Waals surface area (Å²) in [6.07, 6.45) is 0. The van der Waals surface area contributed by atoms with Gasteiger partial charge in [0.05, 0.1) is 0 Å². The molecule has 0 unspecified atom stereocenters. The summed E-state index contributed by atoms with van der Waals surface area (Å²) >= 11 is 0. The van der Waals surface area contributed by atoms with Crippen LogP contribution in [0.2, 0.25) is 0 Å². The first-order valence-corrected chi connectivity index (χ1v) is 5.61. The van der Waals surface area contributed by atoms with Crippen LogP contribution in [0.5, 0.6) is 5.75 Å². The van der Waals surface area contributed by atoms with Crippen molar-refractivity contribution in [2.24, 2.45) is 0 Å². The van der Waals surface area contributed by atoms with Gasteiger partial charge in [0.2, 0.25) is 5.43 Å². The van der Waals surface area contributed by atoms with E-state index in [1.165, 1.54) is 24.3 Å². The summed E-state index contributed by atoms with van der Waals surface area (Å²) in [5.74, 6) is -0.364. The molecule has 2 amide bonds. The molecule has 0 saturated carbocycles. The minimum atomic E-state index is -0.503. The molecule has 0 saturated heterocycles. The fourth-order valence-electron chi connectivity index (χ4n) is 1.46. The number of carbonyl (C=O) groups is 1. The van der Waals surface area contributed by atoms with Crippen LogP contribution in [-0.2, 0) is 0 Å². The third-order valence-corrected chi connectivity index (χ3v) is 2.38. The molecule has 2 aromatic rings. The first-order valence-electron chi connectivity index (χ1n) is 5.61. The van der Waals surface area contributed by atoms with Gasteiger partial charge in [-0.3, -0.25) is 4.79 Å². The molecule has 2 rings (SSSR count). The van der Waals surface area contributed by atoms with E-state index in [0.717, 1.165) is 0 Å². The molecule has 5 heteroatoms. The average molecular weight is 256 g/mol. The summed E-state index contributed by atoms with van der Waals surface area (Å²) < 4.78 is 0. The molecule has 19 heavy (non-hydrogen) atoms. The molecular formula is C14H12N2O3. The molecule has 0 bridgehead atoms. The van der Waals surface area contributed by atoms with Crippen LogP contribution < -0.4 is 16.1 Å². The zero-order chi connectivity index (χ0) is 13.7. The van der Waals surface area contributed by atoms with Crippen molar-refractivity contribution < 1.29 is 9.90 Å². The predicted octanol–water partition coefficient (Wildman–Crippen LogP) is 2.40. The largest absolute Gasteiger partial charge is 0.504 e. The fourth-order valence-corrected chi connectivity index (χ4v) is 1.46. The highest BCUT2D eigenvalue weighted by molar-refractivity contribution is 5.99. The Labute approximate surface area is 109 Å². The average Bonchev–Trinajstić information content (AvgIpc) is 2.55. The zero-order valence-electron chi connectivity index (χ0n) is 9.96. The fraction of sp³-hybridized carbons (Fsp3) is 0. The Morgan fingerprint density at radius 2 is 1.42 bits per heavy atom. The second-order valence-electron chi connectivity index (χ2n) is 3.82. The maximum absolute atomic E-state index is 11.7. The third-order valence-electron chi connectivity index (χ3n) is 2.38. The molecule has 0 radical (unpaired) electrons. The van der Waals surface area contributed by atoms with E-state index < -0.39 is 11.5 Å². The second-order valence-corrected chi connectivity index (χ2v) is 3.82. The molecule has 0 spiro atoms. The van der Waals surface area contributed by atoms with Crippen LogP contribution in [0, 0.1) is 0 Å². The lowest BCUT2D eigenvalue weighted by molar-refractivity contribution is 0.262. The molecule has 0 atom stereocenters. The third kappa shape index (κ3) is 3.57. The van der Waals surface area contributed by atoms with E-state index in [0.29, 0.717) is 11.4 Å². The van der Waals surface area contributed by atoms with Gasteiger partial charge in [-0.2, -0.15) is 0 Å². The van der Waals surface area contributed by atoms with Gasteiger partial charge < -0.3 is 15.7 Å². The highest BCUT2D eigenvalue weighted by Crippen LogP contribution is 2.09. The van der Waals surface area contributed by atoms with Gasteiger partial charge in [0, 0.05) is 11.4 Å². The monoisotopic (exact) mass is 256 g/mol. The molecule has 2 aromatic carbocycles. The summed E-state index contributed by atoms with van der Waals surface area (Å²) in [6.45, 7) is 0. The van der Waals surface area contributed by atoms with Gasteiger partial charge in [0.25, 0.3) is 0 Å². The predicted molar refractivity (Wildman–Crippen MR) is 73.5 cm³/mol. The Bertz CT molecular complexity index is 642. The molecule has 3 N–H and O–H groups in total. The topological polar surface area (TPSA) is 78.4 Å². The normalized spacial score (nSPS) is 9.68. The van der Waals surface area contributed by atoms with Crippen LogP contribution in [-0.4, -0.2) is 11.1 Å². The summed E-state index contributed by atoms with van der Waals surface area (Å²) in [6, 6.07) is 13.8. The molecular weight excluding hydrogens is 244 g/mol. The number of aromatic hydroxyl groups is 1. The summed E-state index contributed by atoms with van der Waals surface area (Å²) in [4.78, 5) is 22.9. The maximum Gasteiger partial charge on any atom is 0.323 e. The van der Waals surface area contributed by atoms with Crippen molar-refractivity contribution in [3.8, 4) is 5.75 Å². The summed E-state index contributed by atoms with van der Waals surface area (Å²) in [5, 5.41) is 14.4. The molecule has 0 aliphatic carbocycles.